The van der Waals surface area contributed by atoms with E-state index in [4.69, 9.17) is 4.74 Å². The average Bonchev–Trinajstić information content (AvgIpc) is 2.64. The summed E-state index contributed by atoms with van der Waals surface area (Å²) in [6.07, 6.45) is 3.78. The molecule has 0 saturated heterocycles. The number of hydrogen-bond donors (Lipinski definition) is 0. The minimum Gasteiger partial charge on any atom is -0.489 e. The molecule has 136 valence electrons. The summed E-state index contributed by atoms with van der Waals surface area (Å²) < 4.78 is 34.6. The molecule has 0 unspecified atom stereocenters. The number of benzene rings is 2. The minimum atomic E-state index is -3.61. The average molecular weight is 369 g/mol. The van der Waals surface area contributed by atoms with Crippen molar-refractivity contribution in [1.82, 2.24) is 4.31 Å². The Balaban J connectivity index is 1.84. The Hall–Kier alpha value is -2.27. The summed E-state index contributed by atoms with van der Waals surface area (Å²) in [6.45, 7) is 2.74. The van der Waals surface area contributed by atoms with Crippen molar-refractivity contribution >= 4 is 10.0 Å². The quantitative estimate of drug-likeness (QED) is 0.788. The van der Waals surface area contributed by atoms with Crippen LogP contribution in [0.3, 0.4) is 0 Å². The molecule has 26 heavy (non-hydrogen) atoms. The fraction of sp³-hybridized carbons (Fsp3) is 0.333. The minimum absolute atomic E-state index is 0.311. The molecule has 1 heterocycles. The van der Waals surface area contributed by atoms with Gasteiger partial charge in [0.1, 0.15) is 12.4 Å². The first-order valence-corrected chi connectivity index (χ1v) is 10.5. The molecule has 1 aliphatic carbocycles. The molecule has 2 aromatic rings. The third-order valence-electron chi connectivity index (χ3n) is 5.15. The van der Waals surface area contributed by atoms with Crippen LogP contribution >= 0.6 is 0 Å². The second kappa shape index (κ2) is 6.80. The maximum absolute atomic E-state index is 13.5. The largest absolute Gasteiger partial charge is 0.489 e. The molecule has 4 nitrogen and oxygen atoms in total. The molecule has 0 amide bonds. The Bertz CT molecular complexity index is 945. The van der Waals surface area contributed by atoms with Gasteiger partial charge in [-0.15, -0.1) is 0 Å². The lowest BCUT2D eigenvalue weighted by molar-refractivity contribution is 0.311. The Morgan fingerprint density at radius 2 is 1.69 bits per heavy atom. The zero-order valence-corrected chi connectivity index (χ0v) is 15.8. The van der Waals surface area contributed by atoms with Crippen molar-refractivity contribution in [2.45, 2.75) is 44.0 Å². The molecule has 2 aromatic carbocycles. The van der Waals surface area contributed by atoms with E-state index in [2.05, 4.69) is 0 Å². The molecule has 0 N–H and O–H groups in total. The van der Waals surface area contributed by atoms with E-state index in [0.717, 1.165) is 53.8 Å². The van der Waals surface area contributed by atoms with Crippen LogP contribution in [0, 0.1) is 6.92 Å². The van der Waals surface area contributed by atoms with E-state index >= 15 is 0 Å². The molecular formula is C21H23NO3S. The number of allylic oxidation sites excluding steroid dienone is 1. The number of nitrogens with zero attached hydrogens (tertiary/aromatic N) is 1. The smallest absolute Gasteiger partial charge is 0.264 e. The van der Waals surface area contributed by atoms with Gasteiger partial charge in [-0.1, -0.05) is 35.9 Å². The van der Waals surface area contributed by atoms with E-state index in [1.807, 2.05) is 43.3 Å². The Morgan fingerprint density at radius 3 is 2.50 bits per heavy atom. The van der Waals surface area contributed by atoms with Gasteiger partial charge in [-0.2, -0.15) is 0 Å². The molecule has 0 atom stereocenters. The molecule has 0 radical (unpaired) electrons. The first kappa shape index (κ1) is 17.2. The summed E-state index contributed by atoms with van der Waals surface area (Å²) in [6, 6.07) is 14.8. The van der Waals surface area contributed by atoms with Crippen molar-refractivity contribution in [3.63, 3.8) is 0 Å². The molecular weight excluding hydrogens is 346 g/mol. The lowest BCUT2D eigenvalue weighted by atomic mass is 9.96. The van der Waals surface area contributed by atoms with Crippen molar-refractivity contribution in [2.24, 2.45) is 0 Å². The van der Waals surface area contributed by atoms with E-state index in [0.29, 0.717) is 18.0 Å². The highest BCUT2D eigenvalue weighted by atomic mass is 32.2. The number of aryl methyl sites for hydroxylation is 1. The van der Waals surface area contributed by atoms with Crippen LogP contribution in [0.5, 0.6) is 5.75 Å². The number of sulfonamides is 1. The molecule has 1 aliphatic heterocycles. The normalized spacial score (nSPS) is 17.7. The van der Waals surface area contributed by atoms with Gasteiger partial charge in [0.05, 0.1) is 11.4 Å². The van der Waals surface area contributed by atoms with Gasteiger partial charge in [0.25, 0.3) is 10.0 Å². The van der Waals surface area contributed by atoms with E-state index in [9.17, 15) is 8.42 Å². The predicted molar refractivity (Wildman–Crippen MR) is 101 cm³/mol. The highest BCUT2D eigenvalue weighted by molar-refractivity contribution is 7.89. The number of hydrogen-bond acceptors (Lipinski definition) is 3. The first-order chi connectivity index (χ1) is 12.6. The Morgan fingerprint density at radius 1 is 0.962 bits per heavy atom. The van der Waals surface area contributed by atoms with E-state index in [-0.39, 0.29) is 0 Å². The number of ether oxygens (including phenoxy) is 1. The van der Waals surface area contributed by atoms with Crippen LogP contribution in [0.1, 0.15) is 36.8 Å². The Labute approximate surface area is 155 Å². The maximum atomic E-state index is 13.5. The zero-order valence-electron chi connectivity index (χ0n) is 14.9. The molecule has 5 heteroatoms. The third kappa shape index (κ3) is 3.12. The summed E-state index contributed by atoms with van der Waals surface area (Å²) in [5.74, 6) is 0.772. The van der Waals surface area contributed by atoms with Gasteiger partial charge in [0.2, 0.25) is 0 Å². The summed E-state index contributed by atoms with van der Waals surface area (Å²) in [4.78, 5) is 0.347. The standard InChI is InChI=1S/C21H23NO3S/c1-16-10-12-19(13-11-16)26(23,24)22-14-17-6-3-5-9-21(17)25-15-18-7-2-4-8-20(18)22/h3,5-6,9-13H,2,4,7-8,14-15H2,1H3. The molecule has 0 spiro atoms. The first-order valence-electron chi connectivity index (χ1n) is 9.07. The summed E-state index contributed by atoms with van der Waals surface area (Å²) in [5.41, 5.74) is 3.99. The van der Waals surface area contributed by atoms with Gasteiger partial charge >= 0.3 is 0 Å². The molecule has 4 rings (SSSR count). The van der Waals surface area contributed by atoms with E-state index in [1.165, 1.54) is 0 Å². The summed E-state index contributed by atoms with van der Waals surface area (Å²) >= 11 is 0. The molecule has 2 aliphatic rings. The third-order valence-corrected chi connectivity index (χ3v) is 6.95. The topological polar surface area (TPSA) is 46.6 Å². The van der Waals surface area contributed by atoms with Crippen LogP contribution in [0.15, 0.2) is 64.7 Å². The van der Waals surface area contributed by atoms with E-state index < -0.39 is 10.0 Å². The summed E-state index contributed by atoms with van der Waals surface area (Å²) in [7, 11) is -3.61. The van der Waals surface area contributed by atoms with Crippen LogP contribution in [-0.2, 0) is 16.6 Å². The monoisotopic (exact) mass is 369 g/mol. The fourth-order valence-corrected chi connectivity index (χ4v) is 5.22. The number of para-hydroxylation sites is 1. The molecule has 0 aromatic heterocycles. The lowest BCUT2D eigenvalue weighted by Gasteiger charge is -2.34. The van der Waals surface area contributed by atoms with Gasteiger partial charge < -0.3 is 4.74 Å². The second-order valence-electron chi connectivity index (χ2n) is 6.98. The van der Waals surface area contributed by atoms with Gasteiger partial charge in [-0.25, -0.2) is 8.42 Å². The predicted octanol–water partition coefficient (Wildman–Crippen LogP) is 4.41. The van der Waals surface area contributed by atoms with Gasteiger partial charge in [-0.05, 0) is 56.4 Å². The van der Waals surface area contributed by atoms with Crippen molar-refractivity contribution in [2.75, 3.05) is 6.61 Å². The highest BCUT2D eigenvalue weighted by Crippen LogP contribution is 2.36. The zero-order chi connectivity index (χ0) is 18.1. The SMILES string of the molecule is Cc1ccc(S(=O)(=O)N2Cc3ccccc3OCC3=C2CCCC3)cc1. The van der Waals surface area contributed by atoms with Gasteiger partial charge in [0, 0.05) is 11.3 Å². The number of rotatable bonds is 2. The summed E-state index contributed by atoms with van der Waals surface area (Å²) in [5, 5.41) is 0. The van der Waals surface area contributed by atoms with Crippen LogP contribution in [0.25, 0.3) is 0 Å². The van der Waals surface area contributed by atoms with E-state index in [1.54, 1.807) is 16.4 Å². The molecule has 0 saturated carbocycles. The van der Waals surface area contributed by atoms with Gasteiger partial charge in [0.15, 0.2) is 0 Å². The lowest BCUT2D eigenvalue weighted by Crippen LogP contribution is -2.34. The molecule has 0 bridgehead atoms. The number of fused-ring (bicyclic) bond motifs is 1. The van der Waals surface area contributed by atoms with Crippen molar-refractivity contribution < 1.29 is 13.2 Å². The maximum Gasteiger partial charge on any atom is 0.264 e. The Kier molecular flexibility index (Phi) is 4.49. The highest BCUT2D eigenvalue weighted by Gasteiger charge is 2.32. The van der Waals surface area contributed by atoms with Crippen molar-refractivity contribution in [3.8, 4) is 5.75 Å². The van der Waals surface area contributed by atoms with Gasteiger partial charge in [-0.3, -0.25) is 4.31 Å². The van der Waals surface area contributed by atoms with Crippen LogP contribution < -0.4 is 4.74 Å². The van der Waals surface area contributed by atoms with Crippen molar-refractivity contribution in [1.29, 1.82) is 0 Å². The van der Waals surface area contributed by atoms with Crippen LogP contribution in [0.2, 0.25) is 0 Å². The fourth-order valence-electron chi connectivity index (χ4n) is 3.67. The van der Waals surface area contributed by atoms with Crippen LogP contribution in [0.4, 0.5) is 0 Å². The second-order valence-corrected chi connectivity index (χ2v) is 8.84. The molecule has 0 fully saturated rings. The van der Waals surface area contributed by atoms with Crippen molar-refractivity contribution in [3.05, 3.63) is 70.9 Å². The van der Waals surface area contributed by atoms with Crippen LogP contribution in [-0.4, -0.2) is 19.3 Å².